The quantitative estimate of drug-likeness (QED) is 0.418. The molecule has 1 aromatic heterocycles. The lowest BCUT2D eigenvalue weighted by molar-refractivity contribution is -0.122. The number of urea groups is 1. The Bertz CT molecular complexity index is 977. The number of fused-ring (bicyclic) bond motifs is 4. The van der Waals surface area contributed by atoms with Gasteiger partial charge in [-0.25, -0.2) is 9.18 Å². The zero-order valence-electron chi connectivity index (χ0n) is 16.8. The molecule has 2 fully saturated rings. The highest BCUT2D eigenvalue weighted by Gasteiger charge is 2.42. The van der Waals surface area contributed by atoms with Crippen LogP contribution in [0.4, 0.5) is 9.18 Å². The molecule has 3 aliphatic rings. The molecule has 2 unspecified atom stereocenters. The molecule has 0 spiro atoms. The minimum absolute atomic E-state index is 0.0253. The summed E-state index contributed by atoms with van der Waals surface area (Å²) in [4.78, 5) is 27.4. The lowest BCUT2D eigenvalue weighted by Gasteiger charge is -2.24. The number of hydrogen-bond donors (Lipinski definition) is 4. The molecule has 1 aliphatic carbocycles. The SMILES string of the molecule is O=C(CCCCC1SC[C@@H]2NC(=O)N[C@H]12)NC1CCCc2c1[nH]c1ccc(F)cc21. The molecule has 2 saturated heterocycles. The second kappa shape index (κ2) is 8.13. The van der Waals surface area contributed by atoms with Crippen LogP contribution in [-0.4, -0.2) is 40.0 Å². The van der Waals surface area contributed by atoms with E-state index < -0.39 is 0 Å². The third kappa shape index (κ3) is 3.77. The van der Waals surface area contributed by atoms with Crippen LogP contribution in [0.3, 0.4) is 0 Å². The number of amides is 3. The highest BCUT2D eigenvalue weighted by Crippen LogP contribution is 2.35. The van der Waals surface area contributed by atoms with Crippen molar-refractivity contribution in [2.24, 2.45) is 0 Å². The first-order valence-electron chi connectivity index (χ1n) is 10.9. The molecular weight excluding hydrogens is 403 g/mol. The predicted octanol–water partition coefficient (Wildman–Crippen LogP) is 3.53. The molecular formula is C22H27FN4O2S. The number of aromatic amines is 1. The van der Waals surface area contributed by atoms with Crippen LogP contribution in [0.25, 0.3) is 10.9 Å². The van der Waals surface area contributed by atoms with E-state index in [1.165, 1.54) is 6.07 Å². The number of hydrogen-bond acceptors (Lipinski definition) is 3. The number of carbonyl (C=O) groups excluding carboxylic acids is 2. The van der Waals surface area contributed by atoms with Crippen molar-refractivity contribution in [2.75, 3.05) is 5.75 Å². The molecule has 5 rings (SSSR count). The molecule has 0 bridgehead atoms. The monoisotopic (exact) mass is 430 g/mol. The van der Waals surface area contributed by atoms with Crippen molar-refractivity contribution in [3.63, 3.8) is 0 Å². The molecule has 4 atom stereocenters. The molecule has 0 radical (unpaired) electrons. The van der Waals surface area contributed by atoms with Crippen LogP contribution in [0.1, 0.15) is 55.8 Å². The van der Waals surface area contributed by atoms with Gasteiger partial charge in [0.25, 0.3) is 0 Å². The van der Waals surface area contributed by atoms with Crippen LogP contribution in [0.15, 0.2) is 18.2 Å². The van der Waals surface area contributed by atoms with E-state index in [2.05, 4.69) is 20.9 Å². The molecule has 8 heteroatoms. The van der Waals surface area contributed by atoms with Crippen molar-refractivity contribution in [3.05, 3.63) is 35.3 Å². The van der Waals surface area contributed by atoms with Crippen LogP contribution < -0.4 is 16.0 Å². The van der Waals surface area contributed by atoms with Crippen molar-refractivity contribution in [1.29, 1.82) is 0 Å². The van der Waals surface area contributed by atoms with Crippen LogP contribution in [0.2, 0.25) is 0 Å². The normalized spacial score (nSPS) is 27.4. The third-order valence-corrected chi connectivity index (χ3v) is 8.09. The van der Waals surface area contributed by atoms with E-state index in [0.717, 1.165) is 66.4 Å². The van der Waals surface area contributed by atoms with Crippen molar-refractivity contribution < 1.29 is 14.0 Å². The van der Waals surface area contributed by atoms with Gasteiger partial charge in [0.05, 0.1) is 18.1 Å². The largest absolute Gasteiger partial charge is 0.356 e. The van der Waals surface area contributed by atoms with E-state index >= 15 is 0 Å². The number of carbonyl (C=O) groups is 2. The van der Waals surface area contributed by atoms with E-state index in [4.69, 9.17) is 0 Å². The summed E-state index contributed by atoms with van der Waals surface area (Å²) >= 11 is 1.91. The van der Waals surface area contributed by atoms with Gasteiger partial charge < -0.3 is 20.9 Å². The molecule has 30 heavy (non-hydrogen) atoms. The van der Waals surface area contributed by atoms with Crippen LogP contribution in [0, 0.1) is 5.82 Å². The predicted molar refractivity (Wildman–Crippen MR) is 116 cm³/mol. The van der Waals surface area contributed by atoms with Gasteiger partial charge >= 0.3 is 6.03 Å². The van der Waals surface area contributed by atoms with Gasteiger partial charge in [0, 0.05) is 34.0 Å². The van der Waals surface area contributed by atoms with Gasteiger partial charge in [-0.2, -0.15) is 11.8 Å². The molecule has 3 heterocycles. The maximum Gasteiger partial charge on any atom is 0.315 e. The van der Waals surface area contributed by atoms with Crippen LogP contribution in [0.5, 0.6) is 0 Å². The molecule has 3 amide bonds. The molecule has 160 valence electrons. The number of halogens is 1. The van der Waals surface area contributed by atoms with E-state index in [-0.39, 0.29) is 35.9 Å². The molecule has 2 aromatic rings. The Morgan fingerprint density at radius 2 is 2.17 bits per heavy atom. The molecule has 2 aliphatic heterocycles. The van der Waals surface area contributed by atoms with Crippen molar-refractivity contribution in [1.82, 2.24) is 20.9 Å². The Hall–Kier alpha value is -2.22. The first kappa shape index (κ1) is 19.7. The minimum atomic E-state index is -0.227. The number of benzene rings is 1. The average molecular weight is 431 g/mol. The van der Waals surface area contributed by atoms with E-state index in [1.54, 1.807) is 12.1 Å². The second-order valence-corrected chi connectivity index (χ2v) is 9.86. The lowest BCUT2D eigenvalue weighted by atomic mass is 9.91. The van der Waals surface area contributed by atoms with Crippen LogP contribution in [-0.2, 0) is 11.2 Å². The Balaban J connectivity index is 1.13. The van der Waals surface area contributed by atoms with Crippen LogP contribution >= 0.6 is 11.8 Å². The van der Waals surface area contributed by atoms with Gasteiger partial charge in [0.1, 0.15) is 5.82 Å². The fourth-order valence-electron chi connectivity index (χ4n) is 5.12. The zero-order valence-corrected chi connectivity index (χ0v) is 17.6. The summed E-state index contributed by atoms with van der Waals surface area (Å²) in [5.74, 6) is 0.813. The summed E-state index contributed by atoms with van der Waals surface area (Å²) in [6.45, 7) is 0. The minimum Gasteiger partial charge on any atom is -0.356 e. The third-order valence-electron chi connectivity index (χ3n) is 6.59. The smallest absolute Gasteiger partial charge is 0.315 e. The summed E-state index contributed by atoms with van der Waals surface area (Å²) in [5.41, 5.74) is 3.11. The first-order chi connectivity index (χ1) is 14.6. The molecule has 4 N–H and O–H groups in total. The Kier molecular flexibility index (Phi) is 5.35. The van der Waals surface area contributed by atoms with Gasteiger partial charge in [0.15, 0.2) is 0 Å². The summed E-state index contributed by atoms with van der Waals surface area (Å²) in [5, 5.41) is 10.5. The summed E-state index contributed by atoms with van der Waals surface area (Å²) < 4.78 is 13.7. The van der Waals surface area contributed by atoms with Gasteiger partial charge in [-0.1, -0.05) is 6.42 Å². The number of nitrogens with one attached hydrogen (secondary N) is 4. The number of aryl methyl sites for hydroxylation is 1. The molecule has 0 saturated carbocycles. The standard InChI is InChI=1S/C22H27FN4O2S/c23-12-8-9-15-14(10-12)13-4-3-5-16(20(13)25-15)24-19(28)7-2-1-6-18-21-17(11-30-18)26-22(29)27-21/h8-10,16-18,21,25H,1-7,11H2,(H,24,28)(H2,26,27,29)/t16?,17-,18?,21-/m0/s1. The average Bonchev–Trinajstić information content (AvgIpc) is 3.38. The Labute approximate surface area is 179 Å². The summed E-state index contributed by atoms with van der Waals surface area (Å²) in [6.07, 6.45) is 6.16. The lowest BCUT2D eigenvalue weighted by Crippen LogP contribution is -2.36. The first-order valence-corrected chi connectivity index (χ1v) is 11.9. The summed E-state index contributed by atoms with van der Waals surface area (Å²) in [7, 11) is 0. The topological polar surface area (TPSA) is 86.0 Å². The van der Waals surface area contributed by atoms with Crippen molar-refractivity contribution >= 4 is 34.6 Å². The fourth-order valence-corrected chi connectivity index (χ4v) is 6.66. The van der Waals surface area contributed by atoms with Gasteiger partial charge in [-0.3, -0.25) is 4.79 Å². The van der Waals surface area contributed by atoms with E-state index in [0.29, 0.717) is 11.7 Å². The van der Waals surface area contributed by atoms with Gasteiger partial charge in [0.2, 0.25) is 5.91 Å². The van der Waals surface area contributed by atoms with Gasteiger partial charge in [-0.05, 0) is 55.9 Å². The zero-order chi connectivity index (χ0) is 20.7. The highest BCUT2D eigenvalue weighted by molar-refractivity contribution is 8.00. The number of rotatable bonds is 6. The maximum atomic E-state index is 13.7. The highest BCUT2D eigenvalue weighted by atomic mass is 32.2. The van der Waals surface area contributed by atoms with E-state index in [1.807, 2.05) is 11.8 Å². The number of thioether (sulfide) groups is 1. The number of aromatic nitrogens is 1. The second-order valence-electron chi connectivity index (χ2n) is 8.59. The number of H-pyrrole nitrogens is 1. The summed E-state index contributed by atoms with van der Waals surface area (Å²) in [6, 6.07) is 5.22. The Morgan fingerprint density at radius 1 is 1.27 bits per heavy atom. The maximum absolute atomic E-state index is 13.7. The van der Waals surface area contributed by atoms with E-state index in [9.17, 15) is 14.0 Å². The molecule has 1 aromatic carbocycles. The Morgan fingerprint density at radius 3 is 3.07 bits per heavy atom. The van der Waals surface area contributed by atoms with Gasteiger partial charge in [-0.15, -0.1) is 0 Å². The van der Waals surface area contributed by atoms with Crippen molar-refractivity contribution in [3.8, 4) is 0 Å². The number of unbranched alkanes of at least 4 members (excludes halogenated alkanes) is 1. The van der Waals surface area contributed by atoms with Crippen molar-refractivity contribution in [2.45, 2.75) is 68.3 Å². The fraction of sp³-hybridized carbons (Fsp3) is 0.545. The molecule has 6 nitrogen and oxygen atoms in total.